The topological polar surface area (TPSA) is 0 Å². The molecule has 0 radical (unpaired) electrons. The molecule has 1 rings (SSSR count). The fourth-order valence-corrected chi connectivity index (χ4v) is 2.32. The number of halogens is 6. The van der Waals surface area contributed by atoms with Gasteiger partial charge in [-0.25, -0.2) is 0 Å². The minimum absolute atomic E-state index is 0.315. The third kappa shape index (κ3) is 2.83. The van der Waals surface area contributed by atoms with Crippen LogP contribution in [0.25, 0.3) is 0 Å². The Morgan fingerprint density at radius 3 is 1.12 bits per heavy atom. The molecule has 96 valence electrons. The second kappa shape index (κ2) is 4.11. The van der Waals surface area contributed by atoms with Gasteiger partial charge in [0.2, 0.25) is 0 Å². The van der Waals surface area contributed by atoms with Crippen molar-refractivity contribution in [2.24, 2.45) is 23.7 Å². The number of hydrogen-bond acceptors (Lipinski definition) is 0. The summed E-state index contributed by atoms with van der Waals surface area (Å²) < 4.78 is 75.1. The molecule has 1 aliphatic carbocycles. The van der Waals surface area contributed by atoms with Gasteiger partial charge in [-0.05, 0) is 24.7 Å². The summed E-state index contributed by atoms with van der Waals surface area (Å²) in [4.78, 5) is 0. The van der Waals surface area contributed by atoms with E-state index >= 15 is 0 Å². The lowest BCUT2D eigenvalue weighted by atomic mass is 9.69. The third-order valence-corrected chi connectivity index (χ3v) is 3.55. The molecule has 0 saturated heterocycles. The minimum atomic E-state index is -4.76. The molecule has 1 aliphatic rings. The Balaban J connectivity index is 2.93. The first-order chi connectivity index (χ1) is 7.03. The van der Waals surface area contributed by atoms with Crippen LogP contribution in [0.5, 0.6) is 0 Å². The van der Waals surface area contributed by atoms with Crippen molar-refractivity contribution in [2.45, 2.75) is 39.0 Å². The van der Waals surface area contributed by atoms with Gasteiger partial charge in [-0.3, -0.25) is 0 Å². The Hall–Kier alpha value is -0.420. The molecule has 0 heterocycles. The molecule has 16 heavy (non-hydrogen) atoms. The first-order valence-electron chi connectivity index (χ1n) is 5.17. The molecule has 0 amide bonds. The van der Waals surface area contributed by atoms with E-state index in [-0.39, 0.29) is 11.8 Å². The van der Waals surface area contributed by atoms with Crippen LogP contribution in [0.3, 0.4) is 0 Å². The average molecular weight is 248 g/mol. The normalized spacial score (nSPS) is 37.5. The lowest BCUT2D eigenvalue weighted by Gasteiger charge is -2.40. The van der Waals surface area contributed by atoms with E-state index < -0.39 is 37.0 Å². The van der Waals surface area contributed by atoms with Crippen molar-refractivity contribution < 1.29 is 26.3 Å². The van der Waals surface area contributed by atoms with Gasteiger partial charge in [-0.1, -0.05) is 13.8 Å². The molecular formula is C10H14F6. The molecule has 0 aromatic carbocycles. The molecule has 0 aliphatic heterocycles. The summed E-state index contributed by atoms with van der Waals surface area (Å²) in [5.41, 5.74) is 0. The van der Waals surface area contributed by atoms with E-state index in [0.717, 1.165) is 0 Å². The Morgan fingerprint density at radius 1 is 0.688 bits per heavy atom. The van der Waals surface area contributed by atoms with E-state index in [1.54, 1.807) is 13.8 Å². The average Bonchev–Trinajstić information content (AvgIpc) is 2.05. The van der Waals surface area contributed by atoms with E-state index in [0.29, 0.717) is 0 Å². The van der Waals surface area contributed by atoms with Crippen LogP contribution >= 0.6 is 0 Å². The molecule has 1 saturated carbocycles. The zero-order valence-corrected chi connectivity index (χ0v) is 8.99. The summed E-state index contributed by atoms with van der Waals surface area (Å²) in [6.45, 7) is 3.16. The lowest BCUT2D eigenvalue weighted by Crippen LogP contribution is -2.44. The van der Waals surface area contributed by atoms with Gasteiger partial charge < -0.3 is 0 Å². The van der Waals surface area contributed by atoms with Crippen molar-refractivity contribution in [1.29, 1.82) is 0 Å². The molecule has 0 aromatic heterocycles. The maximum atomic E-state index is 12.5. The summed E-state index contributed by atoms with van der Waals surface area (Å²) in [5.74, 6) is -5.10. The Bertz CT molecular complexity index is 215. The highest BCUT2D eigenvalue weighted by atomic mass is 19.4. The fourth-order valence-electron chi connectivity index (χ4n) is 2.32. The molecule has 0 spiro atoms. The van der Waals surface area contributed by atoms with Crippen molar-refractivity contribution in [3.63, 3.8) is 0 Å². The third-order valence-electron chi connectivity index (χ3n) is 3.55. The maximum absolute atomic E-state index is 12.5. The first kappa shape index (κ1) is 13.6. The lowest BCUT2D eigenvalue weighted by molar-refractivity contribution is -0.270. The van der Waals surface area contributed by atoms with E-state index in [4.69, 9.17) is 0 Å². The highest BCUT2D eigenvalue weighted by Gasteiger charge is 2.57. The molecular weight excluding hydrogens is 234 g/mol. The largest absolute Gasteiger partial charge is 0.392 e. The molecule has 0 bridgehead atoms. The first-order valence-corrected chi connectivity index (χ1v) is 5.17. The highest BCUT2D eigenvalue weighted by Crippen LogP contribution is 2.51. The van der Waals surface area contributed by atoms with E-state index in [1.807, 2.05) is 0 Å². The molecule has 1 fully saturated rings. The predicted molar refractivity (Wildman–Crippen MR) is 46.7 cm³/mol. The van der Waals surface area contributed by atoms with E-state index in [2.05, 4.69) is 0 Å². The molecule has 4 atom stereocenters. The van der Waals surface area contributed by atoms with Crippen LogP contribution in [0.15, 0.2) is 0 Å². The number of alkyl halides is 6. The maximum Gasteiger partial charge on any atom is 0.392 e. The van der Waals surface area contributed by atoms with E-state index in [1.165, 1.54) is 0 Å². The van der Waals surface area contributed by atoms with Gasteiger partial charge in [0.1, 0.15) is 0 Å². The van der Waals surface area contributed by atoms with Crippen LogP contribution in [0.1, 0.15) is 26.7 Å². The molecule has 4 unspecified atom stereocenters. The van der Waals surface area contributed by atoms with Gasteiger partial charge in [-0.15, -0.1) is 0 Å². The molecule has 0 N–H and O–H groups in total. The molecule has 6 heteroatoms. The Kier molecular flexibility index (Phi) is 3.50. The van der Waals surface area contributed by atoms with Crippen LogP contribution in [0, 0.1) is 23.7 Å². The van der Waals surface area contributed by atoms with Crippen LogP contribution in [0.2, 0.25) is 0 Å². The van der Waals surface area contributed by atoms with Crippen molar-refractivity contribution in [2.75, 3.05) is 0 Å². The van der Waals surface area contributed by atoms with Gasteiger partial charge in [0.05, 0.1) is 11.8 Å². The second-order valence-electron chi connectivity index (χ2n) is 4.72. The quantitative estimate of drug-likeness (QED) is 0.557. The van der Waals surface area contributed by atoms with E-state index in [9.17, 15) is 26.3 Å². The summed E-state index contributed by atoms with van der Waals surface area (Å²) in [5, 5.41) is 0. The Labute approximate surface area is 90.0 Å². The predicted octanol–water partition coefficient (Wildman–Crippen LogP) is 4.41. The second-order valence-corrected chi connectivity index (χ2v) is 4.72. The minimum Gasteiger partial charge on any atom is -0.171 e. The van der Waals surface area contributed by atoms with Gasteiger partial charge in [-0.2, -0.15) is 26.3 Å². The zero-order chi connectivity index (χ0) is 12.7. The summed E-state index contributed by atoms with van der Waals surface area (Å²) in [6.07, 6.45) is -10.4. The zero-order valence-electron chi connectivity index (χ0n) is 8.99. The van der Waals surface area contributed by atoms with Crippen LogP contribution in [-0.4, -0.2) is 12.4 Å². The SMILES string of the molecule is CC1CC(C(F)(F)F)C(C(F)(F)F)CC1C. The molecule has 0 aromatic rings. The smallest absolute Gasteiger partial charge is 0.171 e. The van der Waals surface area contributed by atoms with Gasteiger partial charge in [0, 0.05) is 0 Å². The van der Waals surface area contributed by atoms with Gasteiger partial charge in [0.25, 0.3) is 0 Å². The van der Waals surface area contributed by atoms with Crippen LogP contribution in [-0.2, 0) is 0 Å². The number of rotatable bonds is 0. The van der Waals surface area contributed by atoms with Crippen molar-refractivity contribution >= 4 is 0 Å². The fraction of sp³-hybridized carbons (Fsp3) is 1.00. The number of hydrogen-bond donors (Lipinski definition) is 0. The van der Waals surface area contributed by atoms with Crippen LogP contribution < -0.4 is 0 Å². The summed E-state index contributed by atoms with van der Waals surface area (Å²) >= 11 is 0. The van der Waals surface area contributed by atoms with Gasteiger partial charge in [0.15, 0.2) is 0 Å². The highest BCUT2D eigenvalue weighted by molar-refractivity contribution is 4.89. The monoisotopic (exact) mass is 248 g/mol. The molecule has 0 nitrogen and oxygen atoms in total. The van der Waals surface area contributed by atoms with Gasteiger partial charge >= 0.3 is 12.4 Å². The summed E-state index contributed by atoms with van der Waals surface area (Å²) in [6, 6.07) is 0. The Morgan fingerprint density at radius 2 is 0.938 bits per heavy atom. The van der Waals surface area contributed by atoms with Crippen molar-refractivity contribution in [1.82, 2.24) is 0 Å². The van der Waals surface area contributed by atoms with Crippen LogP contribution in [0.4, 0.5) is 26.3 Å². The van der Waals surface area contributed by atoms with Crippen molar-refractivity contribution in [3.8, 4) is 0 Å². The standard InChI is InChI=1S/C10H14F6/c1-5-3-7(9(11,12)13)8(4-6(5)2)10(14,15)16/h5-8H,3-4H2,1-2H3. The van der Waals surface area contributed by atoms with Crippen molar-refractivity contribution in [3.05, 3.63) is 0 Å². The summed E-state index contributed by atoms with van der Waals surface area (Å²) in [7, 11) is 0.